The van der Waals surface area contributed by atoms with E-state index in [0.717, 1.165) is 36.1 Å². The van der Waals surface area contributed by atoms with E-state index in [9.17, 15) is 15.2 Å². The molecule has 0 aromatic heterocycles. The van der Waals surface area contributed by atoms with Gasteiger partial charge < -0.3 is 14.4 Å². The van der Waals surface area contributed by atoms with E-state index < -0.39 is 20.6 Å². The Hall–Kier alpha value is -2.46. The van der Waals surface area contributed by atoms with Crippen LogP contribution in [0.5, 0.6) is 0 Å². The maximum absolute atomic E-state index is 13.3. The van der Waals surface area contributed by atoms with Gasteiger partial charge in [-0.05, 0) is 28.3 Å². The van der Waals surface area contributed by atoms with Crippen molar-refractivity contribution < 1.29 is 14.3 Å². The van der Waals surface area contributed by atoms with Gasteiger partial charge in [-0.1, -0.05) is 94.3 Å². The zero-order valence-electron chi connectivity index (χ0n) is 20.5. The van der Waals surface area contributed by atoms with Crippen LogP contribution >= 0.6 is 0 Å². The molecule has 1 N–H and O–H groups in total. The van der Waals surface area contributed by atoms with E-state index in [1.165, 1.54) is 0 Å². The van der Waals surface area contributed by atoms with Crippen LogP contribution in [0.25, 0.3) is 0 Å². The Morgan fingerprint density at radius 2 is 1.62 bits per heavy atom. The van der Waals surface area contributed by atoms with Gasteiger partial charge in [-0.15, -0.1) is 0 Å². The van der Waals surface area contributed by atoms with E-state index in [1.54, 1.807) is 4.90 Å². The number of hydrogen-bond donors (Lipinski definition) is 1. The zero-order valence-corrected chi connectivity index (χ0v) is 21.5. The van der Waals surface area contributed by atoms with Crippen molar-refractivity contribution in [2.45, 2.75) is 70.2 Å². The van der Waals surface area contributed by atoms with Gasteiger partial charge in [0.25, 0.3) is 8.32 Å². The summed E-state index contributed by atoms with van der Waals surface area (Å²) in [6.45, 7) is 6.86. The van der Waals surface area contributed by atoms with Crippen molar-refractivity contribution >= 4 is 24.6 Å². The molecule has 180 valence electrons. The van der Waals surface area contributed by atoms with Crippen molar-refractivity contribution in [2.24, 2.45) is 11.8 Å². The molecule has 1 aliphatic carbocycles. The first-order chi connectivity index (χ1) is 16.3. The molecule has 1 amide bonds. The van der Waals surface area contributed by atoms with Gasteiger partial charge in [-0.25, -0.2) is 0 Å². The number of fused-ring (bicyclic) bond motifs is 1. The minimum absolute atomic E-state index is 0.0107. The number of carbonyl (C=O) groups is 1. The lowest BCUT2D eigenvalue weighted by Gasteiger charge is -2.44. The SMILES string of the molecule is CC(C)(C)[Si](OC[C@@H](CC#N)N1C(=O)[C@H]2CCCC[C@H]2[C@H]1O)(c1ccccc1)c1ccccc1. The maximum atomic E-state index is 13.3. The lowest BCUT2D eigenvalue weighted by atomic mass is 9.81. The largest absolute Gasteiger partial charge is 0.405 e. The van der Waals surface area contributed by atoms with Crippen LogP contribution in [0.3, 0.4) is 0 Å². The van der Waals surface area contributed by atoms with E-state index in [-0.39, 0.29) is 35.8 Å². The quantitative estimate of drug-likeness (QED) is 0.617. The fraction of sp³-hybridized carbons (Fsp3) is 0.500. The van der Waals surface area contributed by atoms with Gasteiger partial charge in [0.1, 0.15) is 6.23 Å². The van der Waals surface area contributed by atoms with Gasteiger partial charge >= 0.3 is 0 Å². The first-order valence-electron chi connectivity index (χ1n) is 12.4. The molecule has 1 heterocycles. The summed E-state index contributed by atoms with van der Waals surface area (Å²) in [6, 6.07) is 22.5. The number of rotatable bonds is 7. The van der Waals surface area contributed by atoms with Crippen LogP contribution in [0, 0.1) is 23.2 Å². The molecule has 5 nitrogen and oxygen atoms in total. The molecule has 2 aromatic carbocycles. The Kier molecular flexibility index (Phi) is 7.27. The van der Waals surface area contributed by atoms with Gasteiger partial charge in [0.05, 0.1) is 25.1 Å². The van der Waals surface area contributed by atoms with Crippen LogP contribution in [0.1, 0.15) is 52.9 Å². The molecule has 2 aliphatic rings. The van der Waals surface area contributed by atoms with Crippen LogP contribution in [-0.4, -0.2) is 43.1 Å². The van der Waals surface area contributed by atoms with E-state index in [2.05, 4.69) is 51.1 Å². The van der Waals surface area contributed by atoms with Crippen molar-refractivity contribution in [1.29, 1.82) is 5.26 Å². The Labute approximate surface area is 204 Å². The Bertz CT molecular complexity index is 976. The summed E-state index contributed by atoms with van der Waals surface area (Å²) in [6.07, 6.45) is 3.06. The summed E-state index contributed by atoms with van der Waals surface area (Å²) in [5.74, 6) is -0.170. The highest BCUT2D eigenvalue weighted by molar-refractivity contribution is 6.99. The number of nitriles is 1. The second kappa shape index (κ2) is 10.0. The second-order valence-corrected chi connectivity index (χ2v) is 15.0. The molecule has 0 bridgehead atoms. The van der Waals surface area contributed by atoms with Crippen molar-refractivity contribution in [2.75, 3.05) is 6.61 Å². The molecule has 34 heavy (non-hydrogen) atoms. The fourth-order valence-corrected chi connectivity index (χ4v) is 10.7. The maximum Gasteiger partial charge on any atom is 0.261 e. The lowest BCUT2D eigenvalue weighted by molar-refractivity contribution is -0.140. The monoisotopic (exact) mass is 476 g/mol. The van der Waals surface area contributed by atoms with E-state index >= 15 is 0 Å². The smallest absolute Gasteiger partial charge is 0.261 e. The Morgan fingerprint density at radius 3 is 2.12 bits per heavy atom. The molecule has 1 saturated heterocycles. The van der Waals surface area contributed by atoms with E-state index in [4.69, 9.17) is 4.43 Å². The second-order valence-electron chi connectivity index (χ2n) is 10.7. The summed E-state index contributed by atoms with van der Waals surface area (Å²) in [5.41, 5.74) is 0. The molecule has 0 unspecified atom stereocenters. The minimum Gasteiger partial charge on any atom is -0.405 e. The Balaban J connectivity index is 1.71. The third-order valence-corrected chi connectivity index (χ3v) is 12.7. The molecular weight excluding hydrogens is 440 g/mol. The number of aliphatic hydroxyl groups excluding tert-OH is 1. The first kappa shape index (κ1) is 24.7. The van der Waals surface area contributed by atoms with Gasteiger partial charge in [0.15, 0.2) is 0 Å². The van der Waals surface area contributed by atoms with Crippen molar-refractivity contribution in [1.82, 2.24) is 4.90 Å². The Morgan fingerprint density at radius 1 is 1.06 bits per heavy atom. The summed E-state index contributed by atoms with van der Waals surface area (Å²) >= 11 is 0. The van der Waals surface area contributed by atoms with Crippen LogP contribution in [0.15, 0.2) is 60.7 Å². The lowest BCUT2D eigenvalue weighted by Crippen LogP contribution is -2.67. The van der Waals surface area contributed by atoms with Crippen molar-refractivity contribution in [3.05, 3.63) is 60.7 Å². The summed E-state index contributed by atoms with van der Waals surface area (Å²) in [7, 11) is -2.80. The minimum atomic E-state index is -2.80. The number of hydrogen-bond acceptors (Lipinski definition) is 4. The van der Waals surface area contributed by atoms with E-state index in [0.29, 0.717) is 0 Å². The molecule has 1 saturated carbocycles. The predicted octanol–water partition coefficient (Wildman–Crippen LogP) is 3.81. The highest BCUT2D eigenvalue weighted by atomic mass is 28.4. The molecular formula is C28H36N2O3Si. The van der Waals surface area contributed by atoms with Gasteiger partial charge in [-0.2, -0.15) is 5.26 Å². The zero-order chi connectivity index (χ0) is 24.3. The molecule has 0 radical (unpaired) electrons. The van der Waals surface area contributed by atoms with Gasteiger partial charge in [0, 0.05) is 11.8 Å². The third-order valence-electron chi connectivity index (χ3n) is 7.69. The van der Waals surface area contributed by atoms with E-state index in [1.807, 2.05) is 36.4 Å². The topological polar surface area (TPSA) is 73.6 Å². The summed E-state index contributed by atoms with van der Waals surface area (Å²) in [5, 5.41) is 22.9. The number of benzene rings is 2. The van der Waals surface area contributed by atoms with Gasteiger partial charge in [-0.3, -0.25) is 4.79 Å². The molecule has 4 rings (SSSR count). The number of aliphatic hydroxyl groups is 1. The standard InChI is InChI=1S/C28H36N2O3Si/c1-28(2,3)34(22-12-6-4-7-13-22,23-14-8-5-9-15-23)33-20-21(18-19-29)30-26(31)24-16-10-11-17-25(24)27(30)32/h4-9,12-15,21,24-26,31H,10-11,16-18,20H2,1-3H3/t21-,24-,25+,26-/m1/s1. The van der Waals surface area contributed by atoms with Crippen LogP contribution in [-0.2, 0) is 9.22 Å². The first-order valence-corrected chi connectivity index (χ1v) is 14.3. The number of nitrogens with zero attached hydrogens (tertiary/aromatic N) is 2. The van der Waals surface area contributed by atoms with Crippen LogP contribution < -0.4 is 10.4 Å². The van der Waals surface area contributed by atoms with Crippen molar-refractivity contribution in [3.63, 3.8) is 0 Å². The van der Waals surface area contributed by atoms with Crippen LogP contribution in [0.2, 0.25) is 5.04 Å². The highest BCUT2D eigenvalue weighted by Crippen LogP contribution is 2.42. The number of likely N-dealkylation sites (tertiary alicyclic amines) is 1. The molecule has 4 atom stereocenters. The average Bonchev–Trinajstić information content (AvgIpc) is 3.09. The average molecular weight is 477 g/mol. The van der Waals surface area contributed by atoms with Crippen LogP contribution in [0.4, 0.5) is 0 Å². The summed E-state index contributed by atoms with van der Waals surface area (Å²) in [4.78, 5) is 14.9. The molecule has 6 heteroatoms. The number of amides is 1. The molecule has 2 aromatic rings. The highest BCUT2D eigenvalue weighted by Gasteiger charge is 2.53. The normalized spacial score (nSPS) is 23.9. The molecule has 2 fully saturated rings. The van der Waals surface area contributed by atoms with Crippen molar-refractivity contribution in [3.8, 4) is 6.07 Å². The summed E-state index contributed by atoms with van der Waals surface area (Å²) < 4.78 is 7.03. The van der Waals surface area contributed by atoms with Gasteiger partial charge in [0.2, 0.25) is 5.91 Å². The number of carbonyl (C=O) groups excluding carboxylic acids is 1. The predicted molar refractivity (Wildman–Crippen MR) is 136 cm³/mol. The molecule has 0 spiro atoms. The fourth-order valence-electron chi connectivity index (χ4n) is 6.07. The molecule has 1 aliphatic heterocycles. The third kappa shape index (κ3) is 4.33.